The van der Waals surface area contributed by atoms with E-state index in [4.69, 9.17) is 4.74 Å². The number of hydrogen-bond acceptors (Lipinski definition) is 6. The summed E-state index contributed by atoms with van der Waals surface area (Å²) >= 11 is 1.54. The Kier molecular flexibility index (Phi) is 7.24. The predicted molar refractivity (Wildman–Crippen MR) is 144 cm³/mol. The van der Waals surface area contributed by atoms with Crippen LogP contribution in [-0.2, 0) is 19.1 Å². The van der Waals surface area contributed by atoms with Crippen LogP contribution in [0.5, 0.6) is 0 Å². The Bertz CT molecular complexity index is 1150. The monoisotopic (exact) mass is 524 g/mol. The van der Waals surface area contributed by atoms with Crippen molar-refractivity contribution in [1.82, 2.24) is 4.90 Å². The van der Waals surface area contributed by atoms with Gasteiger partial charge in [-0.25, -0.2) is 0 Å². The van der Waals surface area contributed by atoms with Crippen molar-refractivity contribution in [2.45, 2.75) is 68.5 Å². The van der Waals surface area contributed by atoms with Crippen LogP contribution in [0, 0.1) is 25.7 Å². The first-order valence-electron chi connectivity index (χ1n) is 13.3. The number of hydrogen-bond donors (Lipinski definition) is 1. The average Bonchev–Trinajstić information content (AvgIpc) is 3.27. The van der Waals surface area contributed by atoms with Crippen molar-refractivity contribution in [2.75, 3.05) is 24.7 Å². The lowest BCUT2D eigenvalue weighted by molar-refractivity contribution is -0.153. The molecular weight excluding hydrogens is 488 g/mol. The summed E-state index contributed by atoms with van der Waals surface area (Å²) in [5.74, 6) is -2.19. The highest BCUT2D eigenvalue weighted by Crippen LogP contribution is 2.61. The molecule has 1 N–H and O–H groups in total. The summed E-state index contributed by atoms with van der Waals surface area (Å²) in [5, 5.41) is 10.0. The minimum atomic E-state index is -0.921. The van der Waals surface area contributed by atoms with E-state index in [-0.39, 0.29) is 29.6 Å². The van der Waals surface area contributed by atoms with Gasteiger partial charge in [-0.1, -0.05) is 43.4 Å². The van der Waals surface area contributed by atoms with Gasteiger partial charge in [-0.3, -0.25) is 14.4 Å². The van der Waals surface area contributed by atoms with Crippen LogP contribution in [0.3, 0.4) is 0 Å². The van der Waals surface area contributed by atoms with Gasteiger partial charge in [0.25, 0.3) is 5.91 Å². The van der Waals surface area contributed by atoms with Gasteiger partial charge in [-0.05, 0) is 56.7 Å². The Morgan fingerprint density at radius 3 is 2.73 bits per heavy atom. The zero-order valence-electron chi connectivity index (χ0n) is 21.8. The number of ether oxygens (including phenoxy) is 1. The third-order valence-corrected chi connectivity index (χ3v) is 10.0. The van der Waals surface area contributed by atoms with Crippen LogP contribution in [0.15, 0.2) is 42.5 Å². The molecule has 1 unspecified atom stereocenters. The predicted octanol–water partition coefficient (Wildman–Crippen LogP) is 3.56. The van der Waals surface area contributed by atoms with Gasteiger partial charge < -0.3 is 19.6 Å². The first kappa shape index (κ1) is 26.0. The molecule has 0 radical (unpaired) electrons. The van der Waals surface area contributed by atoms with Gasteiger partial charge in [0.2, 0.25) is 5.91 Å². The molecule has 4 aliphatic rings. The van der Waals surface area contributed by atoms with Crippen molar-refractivity contribution in [3.8, 4) is 0 Å². The molecule has 1 aromatic rings. The van der Waals surface area contributed by atoms with Gasteiger partial charge in [-0.15, -0.1) is 11.8 Å². The summed E-state index contributed by atoms with van der Waals surface area (Å²) in [6, 6.07) is 4.69. The summed E-state index contributed by atoms with van der Waals surface area (Å²) < 4.78 is 4.74. The van der Waals surface area contributed by atoms with Crippen LogP contribution < -0.4 is 4.90 Å². The van der Waals surface area contributed by atoms with Crippen molar-refractivity contribution < 1.29 is 24.2 Å². The summed E-state index contributed by atoms with van der Waals surface area (Å²) in [4.78, 5) is 45.5. The van der Waals surface area contributed by atoms with Gasteiger partial charge in [0.05, 0.1) is 35.8 Å². The summed E-state index contributed by atoms with van der Waals surface area (Å²) in [6.45, 7) is 6.35. The zero-order chi connectivity index (χ0) is 26.3. The number of esters is 1. The van der Waals surface area contributed by atoms with Gasteiger partial charge in [-0.2, -0.15) is 0 Å². The Morgan fingerprint density at radius 2 is 1.97 bits per heavy atom. The number of fused-ring (bicyclic) bond motifs is 2. The number of cyclic esters (lactones) is 1. The number of carbonyl (C=O) groups excluding carboxylic acids is 3. The van der Waals surface area contributed by atoms with E-state index < -0.39 is 28.7 Å². The van der Waals surface area contributed by atoms with Crippen molar-refractivity contribution >= 4 is 35.2 Å². The largest absolute Gasteiger partial charge is 0.465 e. The highest BCUT2D eigenvalue weighted by atomic mass is 32.2. The van der Waals surface area contributed by atoms with E-state index in [1.807, 2.05) is 57.2 Å². The Morgan fingerprint density at radius 1 is 1.16 bits per heavy atom. The number of nitrogens with zero attached hydrogens (tertiary/aromatic N) is 2. The van der Waals surface area contributed by atoms with E-state index in [0.29, 0.717) is 19.6 Å². The molecule has 0 aliphatic carbocycles. The standard InChI is InChI=1S/C29H36N2O5S/c1-4-20(17-32)31-25-27(34)30(21-16-18(2)11-12-19(21)3)14-9-13-29(25)24(26(31)33)23-22(37-29)10-7-5-6-8-15-36-28(23)35/h7,9-13,16,20,22-25,32H,4-6,8,14-15,17H2,1-3H3/b10-7-/t20-,22+,23-,24-,25?,29-/m0/s1. The normalized spacial score (nSPS) is 33.4. The third-order valence-electron chi connectivity index (χ3n) is 8.27. The number of thioether (sulfide) groups is 1. The quantitative estimate of drug-likeness (QED) is 0.479. The Balaban J connectivity index is 1.65. The van der Waals surface area contributed by atoms with Crippen LogP contribution in [0.25, 0.3) is 0 Å². The molecule has 2 amide bonds. The number of rotatable bonds is 4. The van der Waals surface area contributed by atoms with Crippen LogP contribution in [0.1, 0.15) is 43.7 Å². The topological polar surface area (TPSA) is 87.2 Å². The summed E-state index contributed by atoms with van der Waals surface area (Å²) in [7, 11) is 0. The summed E-state index contributed by atoms with van der Waals surface area (Å²) in [6.07, 6.45) is 11.2. The maximum absolute atomic E-state index is 14.5. The second-order valence-corrected chi connectivity index (χ2v) is 12.1. The number of anilines is 1. The molecule has 8 heteroatoms. The van der Waals surface area contributed by atoms with Gasteiger partial charge in [0.15, 0.2) is 0 Å². The molecule has 2 saturated heterocycles. The minimum Gasteiger partial charge on any atom is -0.465 e. The van der Waals surface area contributed by atoms with E-state index in [0.717, 1.165) is 36.1 Å². The summed E-state index contributed by atoms with van der Waals surface area (Å²) in [5.41, 5.74) is 2.84. The molecule has 2 fully saturated rings. The number of benzene rings is 1. The van der Waals surface area contributed by atoms with Crippen molar-refractivity contribution in [2.24, 2.45) is 11.8 Å². The van der Waals surface area contributed by atoms with Crippen molar-refractivity contribution in [1.29, 1.82) is 0 Å². The molecule has 7 nitrogen and oxygen atoms in total. The molecule has 1 spiro atoms. The molecule has 0 saturated carbocycles. The van der Waals surface area contributed by atoms with E-state index in [1.165, 1.54) is 0 Å². The van der Waals surface area contributed by atoms with E-state index >= 15 is 0 Å². The second-order valence-electron chi connectivity index (χ2n) is 10.6. The highest BCUT2D eigenvalue weighted by molar-refractivity contribution is 8.02. The molecule has 37 heavy (non-hydrogen) atoms. The Labute approximate surface area is 222 Å². The van der Waals surface area contributed by atoms with Crippen LogP contribution in [0.2, 0.25) is 0 Å². The number of carbonyl (C=O) groups is 3. The first-order valence-corrected chi connectivity index (χ1v) is 14.2. The molecule has 198 valence electrons. The lowest BCUT2D eigenvalue weighted by Crippen LogP contribution is -2.56. The smallest absolute Gasteiger partial charge is 0.311 e. The lowest BCUT2D eigenvalue weighted by atomic mass is 9.78. The number of likely N-dealkylation sites (tertiary alicyclic amines) is 1. The minimum absolute atomic E-state index is 0.171. The van der Waals surface area contributed by atoms with Crippen LogP contribution >= 0.6 is 11.8 Å². The molecule has 0 bridgehead atoms. The molecule has 4 aliphatic heterocycles. The number of aliphatic hydroxyl groups excluding tert-OH is 1. The molecular formula is C29H36N2O5S. The van der Waals surface area contributed by atoms with Crippen LogP contribution in [0.4, 0.5) is 5.69 Å². The molecule has 0 aromatic heterocycles. The third kappa shape index (κ3) is 4.22. The van der Waals surface area contributed by atoms with E-state index in [9.17, 15) is 19.5 Å². The number of amides is 2. The SMILES string of the molecule is CC[C@@H](CO)N1C(=O)[C@@H]2[C@H]3C(=O)OCCCC/C=C\[C@H]3S[C@@]23C=CCN(c2cc(C)ccc2C)C(=O)C13. The first-order chi connectivity index (χ1) is 17.8. The highest BCUT2D eigenvalue weighted by Gasteiger charge is 2.71. The Hall–Kier alpha value is -2.58. The lowest BCUT2D eigenvalue weighted by Gasteiger charge is -2.38. The molecule has 4 heterocycles. The number of allylic oxidation sites excluding steroid dienone is 1. The van der Waals surface area contributed by atoms with Gasteiger partial charge in [0, 0.05) is 17.5 Å². The molecule has 1 aromatic carbocycles. The van der Waals surface area contributed by atoms with Crippen molar-refractivity contribution in [3.63, 3.8) is 0 Å². The fourth-order valence-corrected chi connectivity index (χ4v) is 8.38. The maximum atomic E-state index is 14.5. The van der Waals surface area contributed by atoms with Crippen LogP contribution in [-0.4, -0.2) is 69.6 Å². The van der Waals surface area contributed by atoms with Gasteiger partial charge in [0.1, 0.15) is 6.04 Å². The molecule has 6 atom stereocenters. The zero-order valence-corrected chi connectivity index (χ0v) is 22.6. The average molecular weight is 525 g/mol. The fourth-order valence-electron chi connectivity index (χ4n) is 6.39. The van der Waals surface area contributed by atoms with E-state index in [1.54, 1.807) is 21.6 Å². The second kappa shape index (κ2) is 10.3. The number of aliphatic hydroxyl groups is 1. The van der Waals surface area contributed by atoms with Gasteiger partial charge >= 0.3 is 5.97 Å². The fraction of sp³-hybridized carbons (Fsp3) is 0.552. The van der Waals surface area contributed by atoms with E-state index in [2.05, 4.69) is 6.08 Å². The molecule has 5 rings (SSSR count). The number of aryl methyl sites for hydroxylation is 2. The van der Waals surface area contributed by atoms with Crippen molar-refractivity contribution in [3.05, 3.63) is 53.6 Å². The maximum Gasteiger partial charge on any atom is 0.311 e.